The molecule has 2 aromatic rings. The molecule has 1 N–H and O–H groups in total. The zero-order chi connectivity index (χ0) is 23.6. The second kappa shape index (κ2) is 9.29. The third-order valence-corrected chi connectivity index (χ3v) is 5.95. The molecule has 1 atom stereocenters. The summed E-state index contributed by atoms with van der Waals surface area (Å²) in [5.41, 5.74) is 1.88. The first-order valence-electron chi connectivity index (χ1n) is 10.9. The summed E-state index contributed by atoms with van der Waals surface area (Å²) in [5.74, 6) is 0.609. The van der Waals surface area contributed by atoms with E-state index in [4.69, 9.17) is 4.74 Å². The molecule has 0 aromatic heterocycles. The highest BCUT2D eigenvalue weighted by molar-refractivity contribution is 5.96. The van der Waals surface area contributed by atoms with Gasteiger partial charge in [0, 0.05) is 12.2 Å². The average molecular weight is 457 g/mol. The average Bonchev–Trinajstić information content (AvgIpc) is 3.63. The number of carbonyl (C=O) groups excluding carboxylic acids is 1. The van der Waals surface area contributed by atoms with E-state index in [0.717, 1.165) is 36.2 Å². The van der Waals surface area contributed by atoms with E-state index >= 15 is 0 Å². The Morgan fingerprint density at radius 3 is 2.52 bits per heavy atom. The van der Waals surface area contributed by atoms with Crippen LogP contribution >= 0.6 is 0 Å². The summed E-state index contributed by atoms with van der Waals surface area (Å²) in [6.07, 6.45) is -2.21. The predicted octanol–water partition coefficient (Wildman–Crippen LogP) is 5.06. The van der Waals surface area contributed by atoms with Crippen molar-refractivity contribution in [3.8, 4) is 0 Å². The number of methoxy groups -OCH3 is 1. The van der Waals surface area contributed by atoms with Crippen LogP contribution in [0, 0.1) is 5.92 Å². The van der Waals surface area contributed by atoms with E-state index in [1.165, 1.54) is 13.2 Å². The summed E-state index contributed by atoms with van der Waals surface area (Å²) in [6, 6.07) is 14.2. The van der Waals surface area contributed by atoms with Gasteiger partial charge in [-0.1, -0.05) is 42.5 Å². The molecule has 4 rings (SSSR count). The van der Waals surface area contributed by atoms with E-state index in [1.807, 2.05) is 42.2 Å². The molecule has 0 spiro atoms. The molecule has 0 saturated heterocycles. The molecule has 174 valence electrons. The normalized spacial score (nSPS) is 20.1. The Hall–Kier alpha value is -3.29. The predicted molar refractivity (Wildman–Crippen MR) is 119 cm³/mol. The van der Waals surface area contributed by atoms with Crippen molar-refractivity contribution in [3.05, 3.63) is 82.6 Å². The highest BCUT2D eigenvalue weighted by atomic mass is 19.4. The molecule has 33 heavy (non-hydrogen) atoms. The molecule has 1 saturated carbocycles. The van der Waals surface area contributed by atoms with E-state index in [1.54, 1.807) is 6.07 Å². The lowest BCUT2D eigenvalue weighted by Crippen LogP contribution is -2.49. The van der Waals surface area contributed by atoms with Crippen LogP contribution < -0.4 is 5.32 Å². The monoisotopic (exact) mass is 457 g/mol. The van der Waals surface area contributed by atoms with Gasteiger partial charge in [0.1, 0.15) is 0 Å². The molecule has 2 aromatic carbocycles. The quantitative estimate of drug-likeness (QED) is 0.616. The van der Waals surface area contributed by atoms with E-state index in [9.17, 15) is 18.0 Å². The first-order chi connectivity index (χ1) is 15.8. The van der Waals surface area contributed by atoms with Crippen LogP contribution in [0.4, 0.5) is 13.2 Å². The molecule has 0 bridgehead atoms. The number of guanidine groups is 1. The Morgan fingerprint density at radius 1 is 1.15 bits per heavy atom. The summed E-state index contributed by atoms with van der Waals surface area (Å²) < 4.78 is 44.4. The Balaban J connectivity index is 1.71. The van der Waals surface area contributed by atoms with Gasteiger partial charge in [-0.25, -0.2) is 9.79 Å². The fourth-order valence-corrected chi connectivity index (χ4v) is 3.99. The van der Waals surface area contributed by atoms with Crippen molar-refractivity contribution in [2.45, 2.75) is 38.5 Å². The van der Waals surface area contributed by atoms with Crippen molar-refractivity contribution in [1.29, 1.82) is 0 Å². The van der Waals surface area contributed by atoms with E-state index in [-0.39, 0.29) is 6.54 Å². The van der Waals surface area contributed by atoms with Crippen LogP contribution in [0.1, 0.15) is 42.5 Å². The van der Waals surface area contributed by atoms with E-state index < -0.39 is 23.8 Å². The molecule has 2 aliphatic rings. The van der Waals surface area contributed by atoms with Crippen molar-refractivity contribution in [2.24, 2.45) is 10.9 Å². The molecule has 1 aliphatic heterocycles. The van der Waals surface area contributed by atoms with Gasteiger partial charge in [-0.15, -0.1) is 0 Å². The lowest BCUT2D eigenvalue weighted by atomic mass is 9.94. The Labute approximate surface area is 191 Å². The maximum absolute atomic E-state index is 13.1. The third kappa shape index (κ3) is 5.21. The topological polar surface area (TPSA) is 53.9 Å². The number of nitrogens with one attached hydrogen (secondary N) is 1. The Morgan fingerprint density at radius 2 is 1.88 bits per heavy atom. The van der Waals surface area contributed by atoms with Crippen LogP contribution in [0.2, 0.25) is 0 Å². The molecule has 0 amide bonds. The summed E-state index contributed by atoms with van der Waals surface area (Å²) in [4.78, 5) is 19.4. The van der Waals surface area contributed by atoms with Gasteiger partial charge >= 0.3 is 12.1 Å². The zero-order valence-corrected chi connectivity index (χ0v) is 18.5. The van der Waals surface area contributed by atoms with Crippen molar-refractivity contribution < 1.29 is 22.7 Å². The minimum atomic E-state index is -4.41. The molecule has 0 radical (unpaired) electrons. The maximum Gasteiger partial charge on any atom is 0.416 e. The number of aliphatic imine (C=N–C) groups is 1. The van der Waals surface area contributed by atoms with Gasteiger partial charge in [-0.05, 0) is 48.9 Å². The number of hydrogen-bond donors (Lipinski definition) is 1. The zero-order valence-electron chi connectivity index (χ0n) is 18.5. The fraction of sp³-hybridized carbons (Fsp3) is 0.360. The maximum atomic E-state index is 13.1. The van der Waals surface area contributed by atoms with Gasteiger partial charge in [0.15, 0.2) is 5.96 Å². The number of carbonyl (C=O) groups is 1. The lowest BCUT2D eigenvalue weighted by molar-refractivity contribution is -0.138. The van der Waals surface area contributed by atoms with Crippen LogP contribution in [-0.2, 0) is 22.3 Å². The van der Waals surface area contributed by atoms with Crippen molar-refractivity contribution in [3.63, 3.8) is 0 Å². The molecule has 5 nitrogen and oxygen atoms in total. The summed E-state index contributed by atoms with van der Waals surface area (Å²) in [5, 5.41) is 3.36. The Bertz CT molecular complexity index is 1080. The van der Waals surface area contributed by atoms with Gasteiger partial charge in [0.2, 0.25) is 0 Å². The number of nitrogens with zero attached hydrogens (tertiary/aromatic N) is 2. The molecule has 1 fully saturated rings. The molecule has 1 heterocycles. The fourth-order valence-electron chi connectivity index (χ4n) is 3.99. The number of halogens is 3. The minimum Gasteiger partial charge on any atom is -0.466 e. The summed E-state index contributed by atoms with van der Waals surface area (Å²) >= 11 is 0. The SMILES string of the molecule is COC(=O)C1=C(C)N(CC2CC2)C(=NCc2cccc(C(F)(F)F)c2)N[C@H]1c1ccccc1. The number of hydrogen-bond acceptors (Lipinski definition) is 3. The minimum absolute atomic E-state index is 0.0791. The number of benzene rings is 2. The molecule has 0 unspecified atom stereocenters. The van der Waals surface area contributed by atoms with Gasteiger partial charge in [-0.2, -0.15) is 13.2 Å². The largest absolute Gasteiger partial charge is 0.466 e. The highest BCUT2D eigenvalue weighted by Gasteiger charge is 2.37. The molecule has 1 aliphatic carbocycles. The van der Waals surface area contributed by atoms with E-state index in [0.29, 0.717) is 29.6 Å². The first-order valence-corrected chi connectivity index (χ1v) is 10.9. The van der Waals surface area contributed by atoms with E-state index in [2.05, 4.69) is 10.3 Å². The second-order valence-electron chi connectivity index (χ2n) is 8.37. The highest BCUT2D eigenvalue weighted by Crippen LogP contribution is 2.36. The van der Waals surface area contributed by atoms with Gasteiger partial charge in [0.05, 0.1) is 30.8 Å². The number of ether oxygens (including phenoxy) is 1. The van der Waals surface area contributed by atoms with Crippen molar-refractivity contribution in [2.75, 3.05) is 13.7 Å². The van der Waals surface area contributed by atoms with Gasteiger partial charge in [0.25, 0.3) is 0 Å². The van der Waals surface area contributed by atoms with Crippen LogP contribution in [-0.4, -0.2) is 30.5 Å². The van der Waals surface area contributed by atoms with Gasteiger partial charge < -0.3 is 15.0 Å². The standard InChI is InChI=1S/C25H26F3N3O2/c1-16-21(23(32)33-2)22(19-8-4-3-5-9-19)30-24(31(16)15-17-11-12-17)29-14-18-7-6-10-20(13-18)25(26,27)28/h3-10,13,17,22H,11-12,14-15H2,1-2H3,(H,29,30)/t22-/m0/s1. The molecule has 8 heteroatoms. The number of rotatable bonds is 6. The number of allylic oxidation sites excluding steroid dienone is 1. The van der Waals surface area contributed by atoms with Gasteiger partial charge in [-0.3, -0.25) is 0 Å². The number of esters is 1. The van der Waals surface area contributed by atoms with Crippen molar-refractivity contribution in [1.82, 2.24) is 10.2 Å². The van der Waals surface area contributed by atoms with Crippen molar-refractivity contribution >= 4 is 11.9 Å². The van der Waals surface area contributed by atoms with Crippen LogP contribution in [0.25, 0.3) is 0 Å². The van der Waals surface area contributed by atoms with Crippen LogP contribution in [0.3, 0.4) is 0 Å². The first kappa shape index (κ1) is 22.9. The summed E-state index contributed by atoms with van der Waals surface area (Å²) in [7, 11) is 1.35. The smallest absolute Gasteiger partial charge is 0.416 e. The Kier molecular flexibility index (Phi) is 6.44. The van der Waals surface area contributed by atoms with Crippen LogP contribution in [0.5, 0.6) is 0 Å². The molecular formula is C25H26F3N3O2. The van der Waals surface area contributed by atoms with Crippen LogP contribution in [0.15, 0.2) is 70.9 Å². The second-order valence-corrected chi connectivity index (χ2v) is 8.37. The summed E-state index contributed by atoms with van der Waals surface area (Å²) in [6.45, 7) is 2.63. The lowest BCUT2D eigenvalue weighted by Gasteiger charge is -2.38. The number of alkyl halides is 3. The molecular weight excluding hydrogens is 431 g/mol. The third-order valence-electron chi connectivity index (χ3n) is 5.95.